The fourth-order valence-corrected chi connectivity index (χ4v) is 3.75. The van der Waals surface area contributed by atoms with Gasteiger partial charge in [-0.25, -0.2) is 0 Å². The van der Waals surface area contributed by atoms with E-state index >= 15 is 0 Å². The molecule has 0 aliphatic carbocycles. The van der Waals surface area contributed by atoms with Crippen LogP contribution in [-0.4, -0.2) is 29.8 Å². The molecular weight excluding hydrogens is 388 g/mol. The summed E-state index contributed by atoms with van der Waals surface area (Å²) >= 11 is 0. The van der Waals surface area contributed by atoms with Crippen LogP contribution in [0.4, 0.5) is 5.69 Å². The Morgan fingerprint density at radius 2 is 1.39 bits per heavy atom. The lowest BCUT2D eigenvalue weighted by Crippen LogP contribution is -2.42. The third-order valence-electron chi connectivity index (χ3n) is 5.52. The van der Waals surface area contributed by atoms with Gasteiger partial charge in [0.25, 0.3) is 0 Å². The number of para-hydroxylation sites is 1. The minimum atomic E-state index is -0.0824. The van der Waals surface area contributed by atoms with Crippen LogP contribution in [0.2, 0.25) is 0 Å². The quantitative estimate of drug-likeness (QED) is 0.624. The molecule has 0 radical (unpaired) electrons. The van der Waals surface area contributed by atoms with E-state index in [-0.39, 0.29) is 17.7 Å². The van der Waals surface area contributed by atoms with E-state index in [1.807, 2.05) is 89.8 Å². The van der Waals surface area contributed by atoms with E-state index in [1.165, 1.54) is 0 Å². The highest BCUT2D eigenvalue weighted by molar-refractivity contribution is 5.92. The van der Waals surface area contributed by atoms with Crippen molar-refractivity contribution in [3.63, 3.8) is 0 Å². The topological polar surface area (TPSA) is 58.6 Å². The Morgan fingerprint density at radius 3 is 2.03 bits per heavy atom. The second-order valence-electron chi connectivity index (χ2n) is 7.75. The predicted octanol–water partition coefficient (Wildman–Crippen LogP) is 4.90. The molecule has 0 saturated carbocycles. The number of amides is 2. The van der Waals surface area contributed by atoms with E-state index in [0.717, 1.165) is 22.7 Å². The highest BCUT2D eigenvalue weighted by Crippen LogP contribution is 2.24. The number of carbonyl (C=O) groups excluding carboxylic acids is 2. The molecule has 5 heteroatoms. The van der Waals surface area contributed by atoms with Crippen molar-refractivity contribution in [2.45, 2.75) is 19.3 Å². The van der Waals surface area contributed by atoms with Crippen LogP contribution in [0.5, 0.6) is 11.5 Å². The summed E-state index contributed by atoms with van der Waals surface area (Å²) in [5.74, 6) is 1.54. The normalized spacial score (nSPS) is 14.1. The molecule has 4 rings (SSSR count). The third kappa shape index (κ3) is 5.72. The molecule has 1 heterocycles. The van der Waals surface area contributed by atoms with Gasteiger partial charge in [0.05, 0.1) is 6.42 Å². The zero-order valence-electron chi connectivity index (χ0n) is 17.4. The molecule has 0 bridgehead atoms. The molecule has 1 fully saturated rings. The zero-order valence-corrected chi connectivity index (χ0v) is 17.4. The van der Waals surface area contributed by atoms with Crippen LogP contribution in [0.15, 0.2) is 84.9 Å². The Kier molecular flexibility index (Phi) is 6.62. The van der Waals surface area contributed by atoms with Gasteiger partial charge in [-0.3, -0.25) is 9.59 Å². The van der Waals surface area contributed by atoms with Crippen molar-refractivity contribution < 1.29 is 14.3 Å². The Hall–Kier alpha value is -3.60. The van der Waals surface area contributed by atoms with Crippen molar-refractivity contribution in [2.75, 3.05) is 18.4 Å². The molecule has 3 aromatic carbocycles. The number of nitrogens with zero attached hydrogens (tertiary/aromatic N) is 1. The van der Waals surface area contributed by atoms with E-state index in [1.54, 1.807) is 0 Å². The van der Waals surface area contributed by atoms with Crippen molar-refractivity contribution in [3.05, 3.63) is 90.5 Å². The summed E-state index contributed by atoms with van der Waals surface area (Å²) in [6.45, 7) is 1.24. The summed E-state index contributed by atoms with van der Waals surface area (Å²) in [6.07, 6.45) is 1.78. The van der Waals surface area contributed by atoms with Gasteiger partial charge >= 0.3 is 0 Å². The number of piperidine rings is 1. The smallest absolute Gasteiger partial charge is 0.227 e. The van der Waals surface area contributed by atoms with E-state index in [4.69, 9.17) is 4.74 Å². The average Bonchev–Trinajstić information content (AvgIpc) is 2.82. The van der Waals surface area contributed by atoms with Gasteiger partial charge in [0.2, 0.25) is 11.8 Å². The monoisotopic (exact) mass is 414 g/mol. The fourth-order valence-electron chi connectivity index (χ4n) is 3.75. The van der Waals surface area contributed by atoms with E-state index < -0.39 is 0 Å². The maximum absolute atomic E-state index is 12.7. The van der Waals surface area contributed by atoms with Gasteiger partial charge in [-0.05, 0) is 54.8 Å². The number of likely N-dealkylation sites (tertiary alicyclic amines) is 1. The fraction of sp³-hybridized carbons (Fsp3) is 0.231. The molecule has 5 nitrogen and oxygen atoms in total. The minimum Gasteiger partial charge on any atom is -0.457 e. The summed E-state index contributed by atoms with van der Waals surface area (Å²) in [4.78, 5) is 27.0. The van der Waals surface area contributed by atoms with Gasteiger partial charge in [0, 0.05) is 24.7 Å². The molecule has 0 spiro atoms. The highest BCUT2D eigenvalue weighted by Gasteiger charge is 2.27. The minimum absolute atomic E-state index is 0.00638. The van der Waals surface area contributed by atoms with E-state index in [9.17, 15) is 9.59 Å². The molecule has 1 saturated heterocycles. The van der Waals surface area contributed by atoms with Crippen molar-refractivity contribution in [1.29, 1.82) is 0 Å². The first-order valence-corrected chi connectivity index (χ1v) is 10.6. The second-order valence-corrected chi connectivity index (χ2v) is 7.75. The predicted molar refractivity (Wildman–Crippen MR) is 121 cm³/mol. The summed E-state index contributed by atoms with van der Waals surface area (Å²) in [6, 6.07) is 26.7. The lowest BCUT2D eigenvalue weighted by molar-refractivity contribution is -0.133. The largest absolute Gasteiger partial charge is 0.457 e. The Morgan fingerprint density at radius 1 is 0.806 bits per heavy atom. The van der Waals surface area contributed by atoms with Crippen molar-refractivity contribution in [2.24, 2.45) is 5.92 Å². The van der Waals surface area contributed by atoms with Crippen LogP contribution in [-0.2, 0) is 16.0 Å². The number of anilines is 1. The second kappa shape index (κ2) is 9.94. The van der Waals surface area contributed by atoms with Crippen LogP contribution in [0.1, 0.15) is 18.4 Å². The summed E-state index contributed by atoms with van der Waals surface area (Å²) < 4.78 is 5.78. The maximum atomic E-state index is 12.7. The average molecular weight is 415 g/mol. The summed E-state index contributed by atoms with van der Waals surface area (Å²) in [5, 5.41) is 2.99. The summed E-state index contributed by atoms with van der Waals surface area (Å²) in [5.41, 5.74) is 1.76. The standard InChI is InChI=1S/C26H26N2O3/c29-25(19-20-7-3-1-4-8-20)28-17-15-21(16-18-28)26(30)27-22-11-13-24(14-12-22)31-23-9-5-2-6-10-23/h1-14,21H,15-19H2,(H,27,30). The summed E-state index contributed by atoms with van der Waals surface area (Å²) in [7, 11) is 0. The first-order valence-electron chi connectivity index (χ1n) is 10.6. The highest BCUT2D eigenvalue weighted by atomic mass is 16.5. The molecule has 1 N–H and O–H groups in total. The van der Waals surface area contributed by atoms with Gasteiger partial charge in [0.15, 0.2) is 0 Å². The number of hydrogen-bond donors (Lipinski definition) is 1. The van der Waals surface area contributed by atoms with Gasteiger partial charge in [0.1, 0.15) is 11.5 Å². The van der Waals surface area contributed by atoms with Crippen LogP contribution in [0, 0.1) is 5.92 Å². The van der Waals surface area contributed by atoms with Crippen molar-refractivity contribution in [1.82, 2.24) is 4.90 Å². The molecule has 3 aromatic rings. The number of benzene rings is 3. The molecule has 1 aliphatic heterocycles. The number of nitrogens with one attached hydrogen (secondary N) is 1. The lowest BCUT2D eigenvalue weighted by Gasteiger charge is -2.31. The number of ether oxygens (including phenoxy) is 1. The third-order valence-corrected chi connectivity index (χ3v) is 5.52. The van der Waals surface area contributed by atoms with Crippen LogP contribution < -0.4 is 10.1 Å². The first-order chi connectivity index (χ1) is 15.2. The molecule has 0 atom stereocenters. The van der Waals surface area contributed by atoms with Crippen LogP contribution >= 0.6 is 0 Å². The lowest BCUT2D eigenvalue weighted by atomic mass is 9.95. The number of rotatable bonds is 6. The Labute approximate surface area is 182 Å². The molecular formula is C26H26N2O3. The molecule has 0 unspecified atom stereocenters. The number of hydrogen-bond acceptors (Lipinski definition) is 3. The molecule has 31 heavy (non-hydrogen) atoms. The van der Waals surface area contributed by atoms with E-state index in [0.29, 0.717) is 32.4 Å². The first kappa shape index (κ1) is 20.7. The van der Waals surface area contributed by atoms with Crippen LogP contribution in [0.3, 0.4) is 0 Å². The maximum Gasteiger partial charge on any atom is 0.227 e. The van der Waals surface area contributed by atoms with Gasteiger partial charge < -0.3 is 15.0 Å². The van der Waals surface area contributed by atoms with Gasteiger partial charge in [-0.15, -0.1) is 0 Å². The SMILES string of the molecule is O=C(Nc1ccc(Oc2ccccc2)cc1)C1CCN(C(=O)Cc2ccccc2)CC1. The van der Waals surface area contributed by atoms with Crippen LogP contribution in [0.25, 0.3) is 0 Å². The van der Waals surface area contributed by atoms with Crippen molar-refractivity contribution in [3.8, 4) is 11.5 Å². The molecule has 1 aliphatic rings. The van der Waals surface area contributed by atoms with Crippen molar-refractivity contribution >= 4 is 17.5 Å². The Bertz CT molecular complexity index is 996. The number of carbonyl (C=O) groups is 2. The molecule has 0 aromatic heterocycles. The van der Waals surface area contributed by atoms with Gasteiger partial charge in [-0.1, -0.05) is 48.5 Å². The van der Waals surface area contributed by atoms with E-state index in [2.05, 4.69) is 5.32 Å². The molecule has 158 valence electrons. The molecule has 2 amide bonds. The Balaban J connectivity index is 1.25. The van der Waals surface area contributed by atoms with Gasteiger partial charge in [-0.2, -0.15) is 0 Å². The zero-order chi connectivity index (χ0) is 21.5.